The number of likely N-dealkylation sites (tertiary alicyclic amines) is 1. The normalized spacial score (nSPS) is 23.3. The number of aliphatic hydroxyl groups excluding tert-OH is 1. The average Bonchev–Trinajstić information content (AvgIpc) is 2.63. The van der Waals surface area contributed by atoms with E-state index in [0.717, 1.165) is 18.9 Å². The molecule has 1 unspecified atom stereocenters. The zero-order valence-corrected chi connectivity index (χ0v) is 12.2. The van der Waals surface area contributed by atoms with Crippen molar-refractivity contribution in [3.63, 3.8) is 0 Å². The number of aliphatic hydroxyl groups is 1. The fourth-order valence-electron chi connectivity index (χ4n) is 2.55. The predicted octanol–water partition coefficient (Wildman–Crippen LogP) is 1.71. The summed E-state index contributed by atoms with van der Waals surface area (Å²) in [5.74, 6) is 0.782. The van der Waals surface area contributed by atoms with Gasteiger partial charge in [0.25, 0.3) is 0 Å². The van der Waals surface area contributed by atoms with E-state index in [1.807, 2.05) is 0 Å². The van der Waals surface area contributed by atoms with Crippen LogP contribution in [-0.2, 0) is 0 Å². The Morgan fingerprint density at radius 1 is 1.29 bits per heavy atom. The monoisotopic (exact) mass is 242 g/mol. The van der Waals surface area contributed by atoms with E-state index in [-0.39, 0.29) is 12.1 Å². The summed E-state index contributed by atoms with van der Waals surface area (Å²) >= 11 is 0. The minimum Gasteiger partial charge on any atom is -0.396 e. The van der Waals surface area contributed by atoms with Gasteiger partial charge in [0.2, 0.25) is 0 Å². The van der Waals surface area contributed by atoms with E-state index in [2.05, 4.69) is 45.0 Å². The molecule has 0 bridgehead atoms. The lowest BCUT2D eigenvalue weighted by molar-refractivity contribution is 0.168. The first-order valence-electron chi connectivity index (χ1n) is 6.81. The molecule has 3 heteroatoms. The molecule has 1 aliphatic heterocycles. The molecule has 0 aromatic rings. The van der Waals surface area contributed by atoms with Crippen LogP contribution in [0.4, 0.5) is 0 Å². The first kappa shape index (κ1) is 14.9. The fourth-order valence-corrected chi connectivity index (χ4v) is 2.55. The standard InChI is InChI=1S/C14H30N2O/c1-13(2,12-6-8-16(5)10-12)11-15-14(3,4)7-9-17/h12,15,17H,6-11H2,1-5H3. The molecular formula is C14H30N2O. The van der Waals surface area contributed by atoms with E-state index in [1.54, 1.807) is 0 Å². The van der Waals surface area contributed by atoms with Crippen molar-refractivity contribution in [2.45, 2.75) is 46.1 Å². The van der Waals surface area contributed by atoms with Crippen LogP contribution < -0.4 is 5.32 Å². The van der Waals surface area contributed by atoms with E-state index in [1.165, 1.54) is 19.5 Å². The topological polar surface area (TPSA) is 35.5 Å². The zero-order valence-electron chi connectivity index (χ0n) is 12.2. The lowest BCUT2D eigenvalue weighted by Gasteiger charge is -2.36. The van der Waals surface area contributed by atoms with Crippen molar-refractivity contribution in [2.75, 3.05) is 33.3 Å². The summed E-state index contributed by atoms with van der Waals surface area (Å²) in [5, 5.41) is 12.6. The number of nitrogens with zero attached hydrogens (tertiary/aromatic N) is 1. The molecule has 0 aliphatic carbocycles. The van der Waals surface area contributed by atoms with Gasteiger partial charge in [-0.25, -0.2) is 0 Å². The van der Waals surface area contributed by atoms with E-state index >= 15 is 0 Å². The molecule has 1 fully saturated rings. The van der Waals surface area contributed by atoms with Crippen LogP contribution in [0.5, 0.6) is 0 Å². The second-order valence-corrected chi connectivity index (χ2v) is 6.95. The van der Waals surface area contributed by atoms with Gasteiger partial charge in [-0.1, -0.05) is 13.8 Å². The van der Waals surface area contributed by atoms with Crippen LogP contribution in [0.3, 0.4) is 0 Å². The van der Waals surface area contributed by atoms with Gasteiger partial charge in [-0.05, 0) is 51.6 Å². The summed E-state index contributed by atoms with van der Waals surface area (Å²) in [7, 11) is 2.21. The molecule has 1 aliphatic rings. The maximum Gasteiger partial charge on any atom is 0.0448 e. The molecule has 17 heavy (non-hydrogen) atoms. The Bertz CT molecular complexity index is 238. The summed E-state index contributed by atoms with van der Waals surface area (Å²) in [6.07, 6.45) is 2.12. The van der Waals surface area contributed by atoms with Gasteiger partial charge >= 0.3 is 0 Å². The summed E-state index contributed by atoms with van der Waals surface area (Å²) in [5.41, 5.74) is 0.369. The van der Waals surface area contributed by atoms with Crippen molar-refractivity contribution in [3.05, 3.63) is 0 Å². The quantitative estimate of drug-likeness (QED) is 0.744. The van der Waals surface area contributed by atoms with Gasteiger partial charge in [0.15, 0.2) is 0 Å². The third-order valence-electron chi connectivity index (χ3n) is 4.26. The lowest BCUT2D eigenvalue weighted by Crippen LogP contribution is -2.47. The second-order valence-electron chi connectivity index (χ2n) is 6.95. The fraction of sp³-hybridized carbons (Fsp3) is 1.00. The van der Waals surface area contributed by atoms with Gasteiger partial charge in [-0.15, -0.1) is 0 Å². The SMILES string of the molecule is CN1CCC(C(C)(C)CNC(C)(C)CCO)C1. The molecule has 1 rings (SSSR count). The maximum atomic E-state index is 9.03. The van der Waals surface area contributed by atoms with Crippen LogP contribution in [-0.4, -0.2) is 48.8 Å². The Morgan fingerprint density at radius 3 is 2.41 bits per heavy atom. The Morgan fingerprint density at radius 2 is 1.94 bits per heavy atom. The molecule has 3 nitrogen and oxygen atoms in total. The van der Waals surface area contributed by atoms with E-state index < -0.39 is 0 Å². The lowest BCUT2D eigenvalue weighted by atomic mass is 9.77. The molecule has 0 aromatic carbocycles. The van der Waals surface area contributed by atoms with Gasteiger partial charge < -0.3 is 15.3 Å². The molecular weight excluding hydrogens is 212 g/mol. The molecule has 1 saturated heterocycles. The molecule has 0 aromatic heterocycles. The van der Waals surface area contributed by atoms with Crippen molar-refractivity contribution in [1.29, 1.82) is 0 Å². The minimum atomic E-state index is 0.0382. The molecule has 0 amide bonds. The Balaban J connectivity index is 2.44. The molecule has 1 heterocycles. The highest BCUT2D eigenvalue weighted by molar-refractivity contribution is 4.89. The third-order valence-corrected chi connectivity index (χ3v) is 4.26. The Labute approximate surface area is 107 Å². The highest BCUT2D eigenvalue weighted by atomic mass is 16.3. The smallest absolute Gasteiger partial charge is 0.0448 e. The predicted molar refractivity (Wildman–Crippen MR) is 73.2 cm³/mol. The highest BCUT2D eigenvalue weighted by Gasteiger charge is 2.34. The molecule has 0 radical (unpaired) electrons. The van der Waals surface area contributed by atoms with Crippen LogP contribution in [0, 0.1) is 11.3 Å². The van der Waals surface area contributed by atoms with E-state index in [4.69, 9.17) is 5.11 Å². The zero-order chi connectivity index (χ0) is 13.1. The summed E-state index contributed by atoms with van der Waals surface area (Å²) < 4.78 is 0. The van der Waals surface area contributed by atoms with Crippen LogP contribution in [0.2, 0.25) is 0 Å². The van der Waals surface area contributed by atoms with Crippen LogP contribution in [0.25, 0.3) is 0 Å². The van der Waals surface area contributed by atoms with Crippen molar-refractivity contribution in [1.82, 2.24) is 10.2 Å². The largest absolute Gasteiger partial charge is 0.396 e. The van der Waals surface area contributed by atoms with Crippen molar-refractivity contribution >= 4 is 0 Å². The van der Waals surface area contributed by atoms with E-state index in [0.29, 0.717) is 5.41 Å². The van der Waals surface area contributed by atoms with Gasteiger partial charge in [0.1, 0.15) is 0 Å². The molecule has 0 spiro atoms. The van der Waals surface area contributed by atoms with Crippen molar-refractivity contribution < 1.29 is 5.11 Å². The van der Waals surface area contributed by atoms with Gasteiger partial charge in [0.05, 0.1) is 0 Å². The molecule has 2 N–H and O–H groups in total. The van der Waals surface area contributed by atoms with Crippen LogP contribution in [0.15, 0.2) is 0 Å². The second kappa shape index (κ2) is 5.68. The molecule has 102 valence electrons. The average molecular weight is 242 g/mol. The van der Waals surface area contributed by atoms with Gasteiger partial charge in [0, 0.05) is 25.2 Å². The Hall–Kier alpha value is -0.120. The van der Waals surface area contributed by atoms with Crippen LogP contribution >= 0.6 is 0 Å². The molecule has 0 saturated carbocycles. The maximum absolute atomic E-state index is 9.03. The number of hydrogen-bond donors (Lipinski definition) is 2. The first-order valence-corrected chi connectivity index (χ1v) is 6.81. The van der Waals surface area contributed by atoms with Gasteiger partial charge in [-0.3, -0.25) is 0 Å². The highest BCUT2D eigenvalue weighted by Crippen LogP contribution is 2.33. The van der Waals surface area contributed by atoms with Crippen molar-refractivity contribution in [3.8, 4) is 0 Å². The summed E-state index contributed by atoms with van der Waals surface area (Å²) in [4.78, 5) is 2.42. The number of nitrogens with one attached hydrogen (secondary N) is 1. The van der Waals surface area contributed by atoms with Gasteiger partial charge in [-0.2, -0.15) is 0 Å². The number of rotatable bonds is 6. The molecule has 1 atom stereocenters. The van der Waals surface area contributed by atoms with Crippen LogP contribution in [0.1, 0.15) is 40.5 Å². The first-order chi connectivity index (χ1) is 7.77. The number of hydrogen-bond acceptors (Lipinski definition) is 3. The summed E-state index contributed by atoms with van der Waals surface area (Å²) in [6.45, 7) is 12.8. The summed E-state index contributed by atoms with van der Waals surface area (Å²) in [6, 6.07) is 0. The van der Waals surface area contributed by atoms with Crippen molar-refractivity contribution in [2.24, 2.45) is 11.3 Å². The minimum absolute atomic E-state index is 0.0382. The van der Waals surface area contributed by atoms with E-state index in [9.17, 15) is 0 Å². The third kappa shape index (κ3) is 4.57. The Kier molecular flexibility index (Phi) is 4.99.